The molecule has 6 rings (SSSR count). The average molecular weight is 599 g/mol. The van der Waals surface area contributed by atoms with Gasteiger partial charge in [-0.15, -0.1) is 23.2 Å². The standard InChI is InChI=1S/C32H24Cl2Si.Zr/c1-21-29(23-13-5-3-6-14-23)25-17-9-11-19-27(25)31(21,33)35-32(34)22(2)30(24-15-7-4-8-16-24)26-18-10-12-20-28(26)32;/h3-20H,1-2H3;. The van der Waals surface area contributed by atoms with Crippen LogP contribution in [0.15, 0.2) is 120 Å². The molecule has 0 nitrogen and oxygen atoms in total. The van der Waals surface area contributed by atoms with Gasteiger partial charge in [0.1, 0.15) is 9.52 Å². The zero-order valence-electron chi connectivity index (χ0n) is 20.1. The third-order valence-corrected chi connectivity index (χ3v) is 10.9. The topological polar surface area (TPSA) is 0 Å². The van der Waals surface area contributed by atoms with Crippen molar-refractivity contribution in [2.24, 2.45) is 0 Å². The molecule has 0 saturated carbocycles. The summed E-state index contributed by atoms with van der Waals surface area (Å²) in [4.78, 5) is 0. The number of rotatable bonds is 4. The Bertz CT molecular complexity index is 1390. The van der Waals surface area contributed by atoms with Crippen LogP contribution in [0.4, 0.5) is 0 Å². The summed E-state index contributed by atoms with van der Waals surface area (Å²) in [6.45, 7) is 4.36. The van der Waals surface area contributed by atoms with E-state index in [4.69, 9.17) is 23.2 Å². The molecule has 0 saturated heterocycles. The smallest absolute Gasteiger partial charge is 0.114 e. The Morgan fingerprint density at radius 3 is 1.22 bits per heavy atom. The summed E-state index contributed by atoms with van der Waals surface area (Å²) in [5, 5.41) is 0. The van der Waals surface area contributed by atoms with Gasteiger partial charge in [-0.25, -0.2) is 0 Å². The number of hydrogen-bond acceptors (Lipinski definition) is 0. The third-order valence-electron chi connectivity index (χ3n) is 7.39. The molecule has 0 aromatic heterocycles. The monoisotopic (exact) mass is 596 g/mol. The summed E-state index contributed by atoms with van der Waals surface area (Å²) < 4.78 is -1.38. The largest absolute Gasteiger partial charge is 0.118 e. The second-order valence-electron chi connectivity index (χ2n) is 9.27. The summed E-state index contributed by atoms with van der Waals surface area (Å²) >= 11 is 15.5. The fourth-order valence-electron chi connectivity index (χ4n) is 5.67. The molecule has 0 N–H and O–H groups in total. The molecule has 2 atom stereocenters. The van der Waals surface area contributed by atoms with Crippen LogP contribution in [0.2, 0.25) is 0 Å². The molecule has 0 bridgehead atoms. The number of hydrogen-bond donors (Lipinski definition) is 0. The predicted octanol–water partition coefficient (Wildman–Crippen LogP) is 8.54. The van der Waals surface area contributed by atoms with Crippen LogP contribution in [-0.4, -0.2) is 9.52 Å². The minimum Gasteiger partial charge on any atom is -0.114 e. The Balaban J connectivity index is 0.00000267. The first-order chi connectivity index (χ1) is 16.9. The van der Waals surface area contributed by atoms with Crippen molar-refractivity contribution in [1.29, 1.82) is 0 Å². The van der Waals surface area contributed by atoms with Crippen LogP contribution in [-0.2, 0) is 35.2 Å². The fraction of sp³-hybridized carbons (Fsp3) is 0.125. The first-order valence-electron chi connectivity index (χ1n) is 11.9. The molecule has 4 aromatic rings. The molecule has 2 unspecified atom stereocenters. The van der Waals surface area contributed by atoms with Crippen molar-refractivity contribution >= 4 is 43.9 Å². The molecule has 0 heterocycles. The zero-order chi connectivity index (χ0) is 24.2. The van der Waals surface area contributed by atoms with E-state index in [1.807, 2.05) is 0 Å². The SMILES string of the molecule is CC1=C(c2ccccc2)c2ccccc2C1(Cl)[Si]C1(Cl)C(C)=C(c2ccccc2)c2ccccc21.[Zr]. The van der Waals surface area contributed by atoms with Crippen LogP contribution in [0.5, 0.6) is 0 Å². The Labute approximate surface area is 245 Å². The van der Waals surface area contributed by atoms with E-state index in [0.717, 1.165) is 11.1 Å². The number of alkyl halides is 2. The summed E-state index contributed by atoms with van der Waals surface area (Å²) in [5.41, 5.74) is 11.9. The van der Waals surface area contributed by atoms with Crippen molar-refractivity contribution in [3.05, 3.63) is 154 Å². The van der Waals surface area contributed by atoms with Crippen molar-refractivity contribution < 1.29 is 26.2 Å². The maximum atomic E-state index is 7.74. The van der Waals surface area contributed by atoms with E-state index in [0.29, 0.717) is 0 Å². The maximum absolute atomic E-state index is 7.74. The molecule has 2 radical (unpaired) electrons. The first-order valence-corrected chi connectivity index (χ1v) is 13.6. The van der Waals surface area contributed by atoms with E-state index in [-0.39, 0.29) is 35.7 Å². The molecule has 36 heavy (non-hydrogen) atoms. The van der Waals surface area contributed by atoms with Crippen LogP contribution < -0.4 is 0 Å². The summed E-state index contributed by atoms with van der Waals surface area (Å²) in [6, 6.07) is 38.2. The second-order valence-corrected chi connectivity index (χ2v) is 12.8. The van der Waals surface area contributed by atoms with E-state index in [9.17, 15) is 0 Å². The van der Waals surface area contributed by atoms with Gasteiger partial charge in [0, 0.05) is 26.2 Å². The van der Waals surface area contributed by atoms with Crippen LogP contribution >= 0.6 is 23.2 Å². The molecule has 2 aliphatic rings. The number of allylic oxidation sites excluding steroid dienone is 2. The maximum Gasteiger partial charge on any atom is 0.118 e. The number of halogens is 2. The summed E-state index contributed by atoms with van der Waals surface area (Å²) in [5.74, 6) is 0. The van der Waals surface area contributed by atoms with Gasteiger partial charge in [-0.2, -0.15) is 0 Å². The van der Waals surface area contributed by atoms with Crippen molar-refractivity contribution in [3.63, 3.8) is 0 Å². The van der Waals surface area contributed by atoms with Crippen LogP contribution in [0, 0.1) is 0 Å². The van der Waals surface area contributed by atoms with E-state index in [1.165, 1.54) is 44.5 Å². The molecule has 2 aliphatic carbocycles. The normalized spacial score (nSPS) is 22.3. The van der Waals surface area contributed by atoms with Crippen molar-refractivity contribution in [3.8, 4) is 0 Å². The minimum atomic E-state index is -0.690. The Morgan fingerprint density at radius 2 is 0.833 bits per heavy atom. The van der Waals surface area contributed by atoms with Gasteiger partial charge in [0.25, 0.3) is 0 Å². The van der Waals surface area contributed by atoms with Gasteiger partial charge in [0.2, 0.25) is 0 Å². The van der Waals surface area contributed by atoms with Crippen LogP contribution in [0.3, 0.4) is 0 Å². The molecule has 174 valence electrons. The van der Waals surface area contributed by atoms with Gasteiger partial charge in [-0.1, -0.05) is 109 Å². The van der Waals surface area contributed by atoms with Crippen molar-refractivity contribution in [2.75, 3.05) is 0 Å². The summed E-state index contributed by atoms with van der Waals surface area (Å²) in [6.07, 6.45) is 0. The Morgan fingerprint density at radius 1 is 0.500 bits per heavy atom. The molecule has 4 heteroatoms. The molecule has 0 aliphatic heterocycles. The van der Waals surface area contributed by atoms with Crippen LogP contribution in [0.25, 0.3) is 11.1 Å². The molecular formula is C32H24Cl2SiZr. The van der Waals surface area contributed by atoms with Gasteiger partial charge in [0.05, 0.1) is 8.99 Å². The van der Waals surface area contributed by atoms with Gasteiger partial charge in [-0.05, 0) is 69.5 Å². The van der Waals surface area contributed by atoms with E-state index in [1.54, 1.807) is 0 Å². The Hall–Kier alpha value is -1.96. The van der Waals surface area contributed by atoms with Gasteiger partial charge in [-0.3, -0.25) is 0 Å². The van der Waals surface area contributed by atoms with Crippen molar-refractivity contribution in [1.82, 2.24) is 0 Å². The zero-order valence-corrected chi connectivity index (χ0v) is 25.1. The number of fused-ring (bicyclic) bond motifs is 2. The summed E-state index contributed by atoms with van der Waals surface area (Å²) in [7, 11) is 0.217. The van der Waals surface area contributed by atoms with Gasteiger partial charge >= 0.3 is 0 Å². The van der Waals surface area contributed by atoms with E-state index < -0.39 is 8.99 Å². The van der Waals surface area contributed by atoms with E-state index in [2.05, 4.69) is 123 Å². The average Bonchev–Trinajstić information content (AvgIpc) is 3.25. The number of benzene rings is 4. The second kappa shape index (κ2) is 9.73. The molecule has 0 spiro atoms. The minimum absolute atomic E-state index is 0. The molecule has 4 aromatic carbocycles. The van der Waals surface area contributed by atoms with Crippen molar-refractivity contribution in [2.45, 2.75) is 22.8 Å². The fourth-order valence-corrected chi connectivity index (χ4v) is 8.99. The van der Waals surface area contributed by atoms with E-state index >= 15 is 0 Å². The van der Waals surface area contributed by atoms with Gasteiger partial charge in [0.15, 0.2) is 0 Å². The molecular weight excluding hydrogens is 575 g/mol. The third kappa shape index (κ3) is 3.81. The van der Waals surface area contributed by atoms with Gasteiger partial charge < -0.3 is 0 Å². The first kappa shape index (κ1) is 25.7. The Kier molecular flexibility index (Phi) is 6.94. The predicted molar refractivity (Wildman–Crippen MR) is 150 cm³/mol. The molecule has 0 fully saturated rings. The van der Waals surface area contributed by atoms with Crippen LogP contribution in [0.1, 0.15) is 47.2 Å². The quantitative estimate of drug-likeness (QED) is 0.163. The molecule has 0 amide bonds.